The number of halogens is 1. The Morgan fingerprint density at radius 2 is 1.86 bits per heavy atom. The minimum atomic E-state index is -0.632. The van der Waals surface area contributed by atoms with Gasteiger partial charge in [-0.05, 0) is 56.4 Å². The minimum Gasteiger partial charge on any atom is -0.468 e. The first-order chi connectivity index (χ1) is 13.3. The molecule has 2 N–H and O–H groups in total. The van der Waals surface area contributed by atoms with Crippen LogP contribution < -0.4 is 10.6 Å². The number of likely N-dealkylation sites (N-methyl/N-ethyl adjacent to an activating group) is 1. The minimum absolute atomic E-state index is 0.0160. The van der Waals surface area contributed by atoms with Crippen LogP contribution in [0.4, 0.5) is 0 Å². The fraction of sp³-hybridized carbons (Fsp3) is 0.429. The quantitative estimate of drug-likeness (QED) is 0.669. The van der Waals surface area contributed by atoms with Crippen molar-refractivity contribution in [2.45, 2.75) is 32.4 Å². The number of hydrogen-bond acceptors (Lipinski definition) is 4. The van der Waals surface area contributed by atoms with E-state index in [1.807, 2.05) is 45.0 Å². The molecule has 0 saturated heterocycles. The molecule has 0 spiro atoms. The highest BCUT2D eigenvalue weighted by Crippen LogP contribution is 2.18. The van der Waals surface area contributed by atoms with Crippen molar-refractivity contribution in [3.8, 4) is 0 Å². The van der Waals surface area contributed by atoms with Gasteiger partial charge in [0, 0.05) is 17.1 Å². The summed E-state index contributed by atoms with van der Waals surface area (Å²) in [5, 5.41) is 6.37. The number of nitrogens with zero attached hydrogens (tertiary/aromatic N) is 1. The van der Waals surface area contributed by atoms with Crippen molar-refractivity contribution < 1.29 is 14.0 Å². The fourth-order valence-corrected chi connectivity index (χ4v) is 2.98. The highest BCUT2D eigenvalue weighted by molar-refractivity contribution is 6.30. The van der Waals surface area contributed by atoms with Crippen molar-refractivity contribution in [2.75, 3.05) is 20.6 Å². The van der Waals surface area contributed by atoms with Crippen LogP contribution >= 0.6 is 11.6 Å². The second-order valence-corrected chi connectivity index (χ2v) is 7.52. The largest absolute Gasteiger partial charge is 0.468 e. The monoisotopic (exact) mass is 405 g/mol. The highest BCUT2D eigenvalue weighted by atomic mass is 35.5. The molecule has 3 unspecified atom stereocenters. The van der Waals surface area contributed by atoms with Crippen molar-refractivity contribution in [3.63, 3.8) is 0 Å². The lowest BCUT2D eigenvalue weighted by molar-refractivity contribution is -0.124. The summed E-state index contributed by atoms with van der Waals surface area (Å²) in [5.74, 6) is 0.246. The maximum atomic E-state index is 12.9. The van der Waals surface area contributed by atoms with E-state index in [1.165, 1.54) is 0 Å². The maximum absolute atomic E-state index is 12.9. The first kappa shape index (κ1) is 22.0. The zero-order valence-electron chi connectivity index (χ0n) is 16.7. The van der Waals surface area contributed by atoms with Crippen LogP contribution in [0.15, 0.2) is 47.1 Å². The Hall–Kier alpha value is -2.31. The third-order valence-corrected chi connectivity index (χ3v) is 5.11. The van der Waals surface area contributed by atoms with Gasteiger partial charge in [-0.3, -0.25) is 14.5 Å². The molecule has 0 aliphatic rings. The molecule has 0 fully saturated rings. The number of hydrogen-bond donors (Lipinski definition) is 2. The summed E-state index contributed by atoms with van der Waals surface area (Å²) in [7, 11) is 3.85. The number of furan rings is 1. The lowest BCUT2D eigenvalue weighted by Gasteiger charge is -2.27. The summed E-state index contributed by atoms with van der Waals surface area (Å²) in [5.41, 5.74) is 0.465. The predicted octanol–water partition coefficient (Wildman–Crippen LogP) is 3.50. The van der Waals surface area contributed by atoms with Gasteiger partial charge >= 0.3 is 0 Å². The van der Waals surface area contributed by atoms with E-state index in [1.54, 1.807) is 30.5 Å². The van der Waals surface area contributed by atoms with Crippen LogP contribution in [0.25, 0.3) is 0 Å². The maximum Gasteiger partial charge on any atom is 0.251 e. The van der Waals surface area contributed by atoms with E-state index in [-0.39, 0.29) is 23.8 Å². The van der Waals surface area contributed by atoms with Crippen molar-refractivity contribution >= 4 is 23.4 Å². The molecule has 0 radical (unpaired) electrons. The van der Waals surface area contributed by atoms with E-state index < -0.39 is 6.04 Å². The number of carbonyl (C=O) groups is 2. The van der Waals surface area contributed by atoms with Gasteiger partial charge in [-0.15, -0.1) is 0 Å². The van der Waals surface area contributed by atoms with Gasteiger partial charge in [-0.1, -0.05) is 31.9 Å². The molecule has 3 atom stereocenters. The molecule has 2 amide bonds. The van der Waals surface area contributed by atoms with Gasteiger partial charge in [-0.25, -0.2) is 0 Å². The fourth-order valence-electron chi connectivity index (χ4n) is 2.85. The number of rotatable bonds is 9. The molecule has 1 aromatic carbocycles. The second kappa shape index (κ2) is 10.3. The molecule has 2 rings (SSSR count). The Kier molecular flexibility index (Phi) is 8.08. The van der Waals surface area contributed by atoms with Crippen LogP contribution in [0.3, 0.4) is 0 Å². The summed E-state index contributed by atoms with van der Waals surface area (Å²) >= 11 is 5.88. The van der Waals surface area contributed by atoms with Gasteiger partial charge in [0.1, 0.15) is 11.8 Å². The van der Waals surface area contributed by atoms with Crippen LogP contribution in [0.2, 0.25) is 5.02 Å². The zero-order chi connectivity index (χ0) is 20.7. The summed E-state index contributed by atoms with van der Waals surface area (Å²) < 4.78 is 5.48. The van der Waals surface area contributed by atoms with Crippen molar-refractivity contribution in [3.05, 3.63) is 59.0 Å². The molecule has 28 heavy (non-hydrogen) atoms. The third kappa shape index (κ3) is 5.84. The predicted molar refractivity (Wildman–Crippen MR) is 110 cm³/mol. The molecule has 1 aromatic heterocycles. The van der Waals surface area contributed by atoms with E-state index in [9.17, 15) is 9.59 Å². The van der Waals surface area contributed by atoms with Gasteiger partial charge in [-0.2, -0.15) is 0 Å². The van der Waals surface area contributed by atoms with Crippen molar-refractivity contribution in [1.29, 1.82) is 0 Å². The van der Waals surface area contributed by atoms with E-state index >= 15 is 0 Å². The van der Waals surface area contributed by atoms with Gasteiger partial charge in [0.2, 0.25) is 5.91 Å². The average molecular weight is 406 g/mol. The smallest absolute Gasteiger partial charge is 0.251 e. The van der Waals surface area contributed by atoms with Crippen LogP contribution in [0.1, 0.15) is 42.4 Å². The Morgan fingerprint density at radius 3 is 2.39 bits per heavy atom. The van der Waals surface area contributed by atoms with E-state index in [0.29, 0.717) is 17.1 Å². The van der Waals surface area contributed by atoms with Gasteiger partial charge in [0.15, 0.2) is 0 Å². The summed E-state index contributed by atoms with van der Waals surface area (Å²) in [6.45, 7) is 4.32. The Labute approximate surface area is 171 Å². The molecule has 0 aliphatic heterocycles. The van der Waals surface area contributed by atoms with Gasteiger partial charge < -0.3 is 15.1 Å². The molecule has 152 valence electrons. The van der Waals surface area contributed by atoms with Gasteiger partial charge in [0.25, 0.3) is 5.91 Å². The molecule has 2 aromatic rings. The summed E-state index contributed by atoms with van der Waals surface area (Å²) in [6.07, 6.45) is 2.37. The molecule has 0 aliphatic carbocycles. The summed E-state index contributed by atoms with van der Waals surface area (Å²) in [6, 6.07) is 9.56. The first-order valence-corrected chi connectivity index (χ1v) is 9.75. The zero-order valence-corrected chi connectivity index (χ0v) is 17.5. The number of benzene rings is 1. The van der Waals surface area contributed by atoms with Crippen LogP contribution in [-0.2, 0) is 4.79 Å². The lowest BCUT2D eigenvalue weighted by atomic mass is 9.97. The number of carbonyl (C=O) groups excluding carboxylic acids is 2. The van der Waals surface area contributed by atoms with Crippen LogP contribution in [0.5, 0.6) is 0 Å². The Bertz CT molecular complexity index is 760. The summed E-state index contributed by atoms with van der Waals surface area (Å²) in [4.78, 5) is 27.4. The average Bonchev–Trinajstić information content (AvgIpc) is 3.20. The standard InChI is InChI=1S/C21H28ClN3O3/c1-5-14(2)19(24-20(26)15-8-10-16(22)11-9-15)21(27)23-13-17(25(3)4)18-7-6-12-28-18/h6-12,14,17,19H,5,13H2,1-4H3,(H,23,27)(H,24,26). The normalized spacial score (nSPS) is 14.4. The second-order valence-electron chi connectivity index (χ2n) is 7.08. The first-order valence-electron chi connectivity index (χ1n) is 9.37. The molecule has 1 heterocycles. The number of nitrogens with one attached hydrogen (secondary N) is 2. The highest BCUT2D eigenvalue weighted by Gasteiger charge is 2.27. The van der Waals surface area contributed by atoms with E-state index in [4.69, 9.17) is 16.0 Å². The third-order valence-electron chi connectivity index (χ3n) is 4.85. The molecule has 0 saturated carbocycles. The molecule has 6 nitrogen and oxygen atoms in total. The topological polar surface area (TPSA) is 74.6 Å². The van der Waals surface area contributed by atoms with Gasteiger partial charge in [0.05, 0.1) is 12.3 Å². The van der Waals surface area contributed by atoms with E-state index in [0.717, 1.165) is 12.2 Å². The lowest BCUT2D eigenvalue weighted by Crippen LogP contribution is -2.51. The van der Waals surface area contributed by atoms with Crippen LogP contribution in [-0.4, -0.2) is 43.4 Å². The van der Waals surface area contributed by atoms with E-state index in [2.05, 4.69) is 10.6 Å². The number of amides is 2. The molecule has 0 bridgehead atoms. The van der Waals surface area contributed by atoms with Crippen molar-refractivity contribution in [1.82, 2.24) is 15.5 Å². The van der Waals surface area contributed by atoms with Crippen molar-refractivity contribution in [2.24, 2.45) is 5.92 Å². The Morgan fingerprint density at radius 1 is 1.18 bits per heavy atom. The Balaban J connectivity index is 2.06. The molecule has 7 heteroatoms. The SMILES string of the molecule is CCC(C)C(NC(=O)c1ccc(Cl)cc1)C(=O)NCC(c1ccco1)N(C)C. The van der Waals surface area contributed by atoms with Crippen LogP contribution in [0, 0.1) is 5.92 Å². The molecular weight excluding hydrogens is 378 g/mol. The molecular formula is C21H28ClN3O3.